The van der Waals surface area contributed by atoms with Crippen LogP contribution in [0.25, 0.3) is 6.08 Å². The molecule has 0 nitrogen and oxygen atoms in total. The second-order valence-corrected chi connectivity index (χ2v) is 9.05. The van der Waals surface area contributed by atoms with E-state index in [1.165, 1.54) is 39.8 Å². The average molecular weight is 433 g/mol. The molecule has 1 atom stereocenters. The van der Waals surface area contributed by atoms with Crippen LogP contribution in [0.5, 0.6) is 0 Å². The Kier molecular flexibility index (Phi) is 8.14. The molecule has 0 aliphatic heterocycles. The second-order valence-electron chi connectivity index (χ2n) is 9.05. The minimum absolute atomic E-state index is 0.294. The highest BCUT2D eigenvalue weighted by molar-refractivity contribution is 5.65. The zero-order valence-electron chi connectivity index (χ0n) is 19.8. The Hall–Kier alpha value is -3.12. The largest absolute Gasteiger partial charge is 0.103 e. The summed E-state index contributed by atoms with van der Waals surface area (Å²) in [5, 5.41) is 0. The van der Waals surface area contributed by atoms with Crippen molar-refractivity contribution in [1.29, 1.82) is 0 Å². The van der Waals surface area contributed by atoms with Crippen LogP contribution in [0.2, 0.25) is 0 Å². The van der Waals surface area contributed by atoms with Crippen LogP contribution in [0, 0.1) is 0 Å². The Bertz CT molecular complexity index is 1090. The summed E-state index contributed by atoms with van der Waals surface area (Å²) < 4.78 is 0. The predicted octanol–water partition coefficient (Wildman–Crippen LogP) is 9.07. The van der Waals surface area contributed by atoms with Crippen molar-refractivity contribution in [1.82, 2.24) is 0 Å². The number of fused-ring (bicyclic) bond motifs is 1. The number of hydrogen-bond acceptors (Lipinski definition) is 0. The fourth-order valence-electron chi connectivity index (χ4n) is 5.21. The van der Waals surface area contributed by atoms with Crippen molar-refractivity contribution < 1.29 is 0 Å². The van der Waals surface area contributed by atoms with Gasteiger partial charge in [-0.2, -0.15) is 0 Å². The maximum Gasteiger partial charge on any atom is 0.0240 e. The molecule has 0 fully saturated rings. The Morgan fingerprint density at radius 2 is 1.73 bits per heavy atom. The van der Waals surface area contributed by atoms with Gasteiger partial charge in [0.1, 0.15) is 0 Å². The monoisotopic (exact) mass is 432 g/mol. The normalized spacial score (nSPS) is 18.6. The highest BCUT2D eigenvalue weighted by Gasteiger charge is 2.23. The topological polar surface area (TPSA) is 0 Å². The van der Waals surface area contributed by atoms with E-state index in [4.69, 9.17) is 0 Å². The predicted molar refractivity (Wildman–Crippen MR) is 145 cm³/mol. The third-order valence-corrected chi connectivity index (χ3v) is 6.96. The molecule has 0 saturated carbocycles. The van der Waals surface area contributed by atoms with Crippen molar-refractivity contribution in [2.24, 2.45) is 0 Å². The summed E-state index contributed by atoms with van der Waals surface area (Å²) in [6.07, 6.45) is 37.8. The highest BCUT2D eigenvalue weighted by Crippen LogP contribution is 2.40. The zero-order valence-corrected chi connectivity index (χ0v) is 19.8. The van der Waals surface area contributed by atoms with E-state index in [0.717, 1.165) is 44.9 Å². The van der Waals surface area contributed by atoms with E-state index in [2.05, 4.69) is 86.1 Å². The number of aryl methyl sites for hydroxylation is 1. The number of rotatable bonds is 9. The highest BCUT2D eigenvalue weighted by atomic mass is 14.3. The van der Waals surface area contributed by atoms with Gasteiger partial charge in [0.05, 0.1) is 0 Å². The van der Waals surface area contributed by atoms with Gasteiger partial charge < -0.3 is 0 Å². The molecule has 1 aromatic carbocycles. The van der Waals surface area contributed by atoms with E-state index in [1.54, 1.807) is 5.56 Å². The molecule has 0 bridgehead atoms. The molecule has 0 radical (unpaired) electrons. The summed E-state index contributed by atoms with van der Waals surface area (Å²) in [5.41, 5.74) is 10.5. The third kappa shape index (κ3) is 5.63. The van der Waals surface area contributed by atoms with Gasteiger partial charge in [-0.05, 0) is 84.8 Å². The van der Waals surface area contributed by atoms with Gasteiger partial charge in [0.25, 0.3) is 0 Å². The smallest absolute Gasteiger partial charge is 0.0240 e. The quantitative estimate of drug-likeness (QED) is 0.270. The fourth-order valence-corrected chi connectivity index (χ4v) is 5.21. The molecule has 0 amide bonds. The molecule has 33 heavy (non-hydrogen) atoms. The van der Waals surface area contributed by atoms with E-state index in [-0.39, 0.29) is 0 Å². The van der Waals surface area contributed by atoms with E-state index < -0.39 is 0 Å². The lowest BCUT2D eigenvalue weighted by Crippen LogP contribution is -2.10. The Morgan fingerprint density at radius 1 is 0.848 bits per heavy atom. The number of hydrogen-bond donors (Lipinski definition) is 0. The Morgan fingerprint density at radius 3 is 2.48 bits per heavy atom. The van der Waals surface area contributed by atoms with Gasteiger partial charge in [0.2, 0.25) is 0 Å². The minimum Gasteiger partial charge on any atom is -0.103 e. The summed E-state index contributed by atoms with van der Waals surface area (Å²) >= 11 is 0. The average Bonchev–Trinajstić information content (AvgIpc) is 2.88. The second kappa shape index (κ2) is 11.7. The molecule has 168 valence electrons. The van der Waals surface area contributed by atoms with Crippen LogP contribution in [0.3, 0.4) is 0 Å². The van der Waals surface area contributed by atoms with Crippen molar-refractivity contribution in [2.45, 2.75) is 57.3 Å². The van der Waals surface area contributed by atoms with Gasteiger partial charge in [-0.1, -0.05) is 103 Å². The van der Waals surface area contributed by atoms with Gasteiger partial charge in [0.15, 0.2) is 0 Å². The van der Waals surface area contributed by atoms with Crippen molar-refractivity contribution in [2.75, 3.05) is 0 Å². The van der Waals surface area contributed by atoms with Crippen molar-refractivity contribution in [3.8, 4) is 0 Å². The number of benzene rings is 1. The summed E-state index contributed by atoms with van der Waals surface area (Å²) in [4.78, 5) is 0. The first kappa shape index (κ1) is 23.1. The standard InChI is InChI=1S/C33H36/c1-3-5-7-11-17-31(29-22-20-27(21-23-29)26-15-9-8-10-16-26)33-25-24-28(14-6-4-2)30-18-12-13-19-32(30)33/h3-5,7-9,11,13,15,17,19-20,22,24-25,31H,1-2,6,10,12,14,16,18,21,23H2. The summed E-state index contributed by atoms with van der Waals surface area (Å²) in [7, 11) is 0. The molecule has 0 spiro atoms. The van der Waals surface area contributed by atoms with E-state index in [0.29, 0.717) is 5.92 Å². The van der Waals surface area contributed by atoms with Gasteiger partial charge in [0, 0.05) is 5.92 Å². The lowest BCUT2D eigenvalue weighted by Gasteiger charge is -2.27. The van der Waals surface area contributed by atoms with Crippen LogP contribution in [0.15, 0.2) is 115 Å². The first-order chi connectivity index (χ1) is 16.3. The van der Waals surface area contributed by atoms with Crippen LogP contribution in [-0.4, -0.2) is 0 Å². The minimum atomic E-state index is 0.294. The molecule has 0 heterocycles. The van der Waals surface area contributed by atoms with E-state index in [1.807, 2.05) is 18.2 Å². The summed E-state index contributed by atoms with van der Waals surface area (Å²) in [5.74, 6) is 0.294. The van der Waals surface area contributed by atoms with E-state index in [9.17, 15) is 0 Å². The molecule has 1 unspecified atom stereocenters. The lowest BCUT2D eigenvalue weighted by molar-refractivity contribution is 0.807. The van der Waals surface area contributed by atoms with E-state index >= 15 is 0 Å². The molecule has 0 aromatic heterocycles. The van der Waals surface area contributed by atoms with Gasteiger partial charge in [-0.25, -0.2) is 0 Å². The molecular formula is C33H36. The SMILES string of the molecule is C=CC=CC=CC(C1=CC=C(C2=CC=CCC2)CC1)c1ccc(CCC=C)c2c1C=CCC2. The van der Waals surface area contributed by atoms with Crippen LogP contribution >= 0.6 is 0 Å². The maximum atomic E-state index is 3.93. The summed E-state index contributed by atoms with van der Waals surface area (Å²) in [6.45, 7) is 7.73. The maximum absolute atomic E-state index is 3.93. The third-order valence-electron chi connectivity index (χ3n) is 6.96. The molecule has 1 aromatic rings. The molecule has 0 heteroatoms. The lowest BCUT2D eigenvalue weighted by atomic mass is 9.77. The molecule has 0 N–H and O–H groups in total. The molecule has 0 saturated heterocycles. The zero-order chi connectivity index (χ0) is 22.9. The van der Waals surface area contributed by atoms with Crippen LogP contribution in [-0.2, 0) is 12.8 Å². The van der Waals surface area contributed by atoms with Gasteiger partial charge in [-0.15, -0.1) is 6.58 Å². The first-order valence-electron chi connectivity index (χ1n) is 12.5. The van der Waals surface area contributed by atoms with Crippen molar-refractivity contribution >= 4 is 6.08 Å². The van der Waals surface area contributed by atoms with Crippen LogP contribution in [0.1, 0.15) is 66.7 Å². The fraction of sp³-hybridized carbons (Fsp3) is 0.273. The van der Waals surface area contributed by atoms with Gasteiger partial charge >= 0.3 is 0 Å². The molecule has 3 aliphatic rings. The molecule has 4 rings (SSSR count). The summed E-state index contributed by atoms with van der Waals surface area (Å²) in [6, 6.07) is 4.76. The first-order valence-corrected chi connectivity index (χ1v) is 12.5. The van der Waals surface area contributed by atoms with Crippen LogP contribution in [0.4, 0.5) is 0 Å². The Balaban J connectivity index is 1.72. The molecule has 3 aliphatic carbocycles. The van der Waals surface area contributed by atoms with Gasteiger partial charge in [-0.3, -0.25) is 0 Å². The number of allylic oxidation sites excluding steroid dienone is 15. The Labute approximate surface area is 200 Å². The molecular weight excluding hydrogens is 396 g/mol. The van der Waals surface area contributed by atoms with Crippen molar-refractivity contribution in [3.63, 3.8) is 0 Å². The van der Waals surface area contributed by atoms with Crippen LogP contribution < -0.4 is 0 Å². The van der Waals surface area contributed by atoms with Crippen molar-refractivity contribution in [3.05, 3.63) is 137 Å².